The topological polar surface area (TPSA) is 175 Å². The number of Topliss-reactive ketones (excluding diaryl/α,β-unsaturated/α-hetero) is 3. The standard InChI is InChI=1S/C52H81NO12/c1-32-17-13-12-14-18-34(3)43(61-9)29-40-23-21-37(6)52(60,65-40)48(57)49(58)53-26-16-15-19-41(53)50(59)64-44(36(5)30-51(8)25-24-42(55)45(31-51)62-10)28-39(54)22-20-33(2)38(7)47(63-11)46(56)35(4)27-32/h12-14,17-18,20,32,35-38,40-45,47,55,60H,15-16,19,21-31H2,1-11H3/b14-12+,17-13+,33-20+,34-18+/t32-,35-,36-,37-,38-,40+,41?,42-,43+,44+,45-,47-,51+,52-/m1/s1. The maximum Gasteiger partial charge on any atom is 0.329 e. The van der Waals surface area contributed by atoms with E-state index in [1.807, 2.05) is 65.0 Å². The molecule has 13 nitrogen and oxygen atoms in total. The summed E-state index contributed by atoms with van der Waals surface area (Å²) in [6.45, 7) is 15.6. The zero-order chi connectivity index (χ0) is 48.2. The van der Waals surface area contributed by atoms with Crippen molar-refractivity contribution in [3.05, 3.63) is 47.6 Å². The highest BCUT2D eigenvalue weighted by atomic mass is 16.6. The lowest BCUT2D eigenvalue weighted by Crippen LogP contribution is -2.61. The second-order valence-electron chi connectivity index (χ2n) is 20.3. The van der Waals surface area contributed by atoms with Crippen molar-refractivity contribution in [2.24, 2.45) is 35.0 Å². The predicted molar refractivity (Wildman–Crippen MR) is 248 cm³/mol. The Morgan fingerprint density at radius 1 is 0.892 bits per heavy atom. The zero-order valence-corrected chi connectivity index (χ0v) is 41.2. The summed E-state index contributed by atoms with van der Waals surface area (Å²) in [6.07, 6.45) is 13.8. The molecule has 366 valence electrons. The molecule has 1 saturated carbocycles. The van der Waals surface area contributed by atoms with Gasteiger partial charge in [0.15, 0.2) is 5.78 Å². The Balaban J connectivity index is 1.69. The number of ether oxygens (including phenoxy) is 5. The van der Waals surface area contributed by atoms with Gasteiger partial charge < -0.3 is 38.8 Å². The average Bonchev–Trinajstić information content (AvgIpc) is 3.28. The fraction of sp³-hybridized carbons (Fsp3) is 0.750. The average molecular weight is 912 g/mol. The Hall–Kier alpha value is -3.33. The molecule has 4 aliphatic rings. The number of allylic oxidation sites excluding steroid dienone is 6. The van der Waals surface area contributed by atoms with Crippen molar-refractivity contribution >= 4 is 29.2 Å². The maximum atomic E-state index is 14.4. The van der Waals surface area contributed by atoms with E-state index in [-0.39, 0.29) is 72.6 Å². The predicted octanol–water partition coefficient (Wildman–Crippen LogP) is 7.60. The number of carbonyl (C=O) groups is 5. The number of hydrogen-bond acceptors (Lipinski definition) is 12. The number of carbonyl (C=O) groups excluding carboxylic acids is 5. The number of rotatable bonds is 6. The van der Waals surface area contributed by atoms with Crippen LogP contribution in [0.25, 0.3) is 0 Å². The van der Waals surface area contributed by atoms with Gasteiger partial charge in [0, 0.05) is 64.9 Å². The van der Waals surface area contributed by atoms with Crippen molar-refractivity contribution in [1.82, 2.24) is 4.90 Å². The van der Waals surface area contributed by atoms with E-state index in [0.717, 1.165) is 17.6 Å². The van der Waals surface area contributed by atoms with Crippen molar-refractivity contribution in [2.45, 2.75) is 187 Å². The van der Waals surface area contributed by atoms with Gasteiger partial charge in [0.2, 0.25) is 5.79 Å². The van der Waals surface area contributed by atoms with E-state index in [0.29, 0.717) is 57.8 Å². The number of hydrogen-bond donors (Lipinski definition) is 2. The number of piperidine rings is 1. The Kier molecular flexibility index (Phi) is 20.6. The van der Waals surface area contributed by atoms with E-state index in [1.54, 1.807) is 21.1 Å². The molecule has 4 rings (SSSR count). The van der Waals surface area contributed by atoms with Crippen LogP contribution in [-0.4, -0.2) is 121 Å². The number of cyclic esters (lactones) is 1. The van der Waals surface area contributed by atoms with Crippen molar-refractivity contribution in [3.8, 4) is 0 Å². The van der Waals surface area contributed by atoms with Gasteiger partial charge in [-0.25, -0.2) is 4.79 Å². The van der Waals surface area contributed by atoms with Crippen LogP contribution in [0.4, 0.5) is 0 Å². The first-order chi connectivity index (χ1) is 30.7. The minimum Gasteiger partial charge on any atom is -0.460 e. The highest BCUT2D eigenvalue weighted by Gasteiger charge is 2.53. The number of esters is 1. The summed E-state index contributed by atoms with van der Waals surface area (Å²) in [6, 6.07) is -1.11. The van der Waals surface area contributed by atoms with Gasteiger partial charge in [-0.3, -0.25) is 19.2 Å². The zero-order valence-electron chi connectivity index (χ0n) is 41.2. The smallest absolute Gasteiger partial charge is 0.329 e. The van der Waals surface area contributed by atoms with Crippen LogP contribution in [0, 0.1) is 35.0 Å². The minimum atomic E-state index is -2.41. The summed E-state index contributed by atoms with van der Waals surface area (Å²) < 4.78 is 29.7. The van der Waals surface area contributed by atoms with Gasteiger partial charge in [-0.05, 0) is 101 Å². The number of ketones is 3. The number of methoxy groups -OCH3 is 3. The fourth-order valence-electron chi connectivity index (χ4n) is 10.5. The van der Waals surface area contributed by atoms with Gasteiger partial charge in [0.1, 0.15) is 24.0 Å². The first-order valence-corrected chi connectivity index (χ1v) is 24.1. The van der Waals surface area contributed by atoms with E-state index in [1.165, 1.54) is 12.0 Å². The maximum absolute atomic E-state index is 14.4. The molecule has 3 heterocycles. The summed E-state index contributed by atoms with van der Waals surface area (Å²) in [4.78, 5) is 71.8. The molecule has 14 atom stereocenters. The molecule has 2 N–H and O–H groups in total. The molecule has 0 aromatic carbocycles. The Morgan fingerprint density at radius 3 is 2.29 bits per heavy atom. The van der Waals surface area contributed by atoms with E-state index in [4.69, 9.17) is 23.7 Å². The van der Waals surface area contributed by atoms with Crippen LogP contribution < -0.4 is 0 Å². The van der Waals surface area contributed by atoms with Crippen molar-refractivity contribution in [1.29, 1.82) is 0 Å². The molecule has 3 aliphatic heterocycles. The number of aliphatic hydroxyl groups excluding tert-OH is 1. The Labute approximate surface area is 388 Å². The highest BCUT2D eigenvalue weighted by Crippen LogP contribution is 2.44. The van der Waals surface area contributed by atoms with Crippen LogP contribution >= 0.6 is 0 Å². The normalized spacial score (nSPS) is 40.4. The molecular weight excluding hydrogens is 831 g/mol. The molecule has 2 saturated heterocycles. The van der Waals surface area contributed by atoms with E-state index < -0.39 is 65.9 Å². The van der Waals surface area contributed by atoms with Gasteiger partial charge >= 0.3 is 5.97 Å². The molecule has 1 amide bonds. The molecular formula is C52H81NO12. The molecule has 0 aromatic rings. The lowest BCUT2D eigenvalue weighted by molar-refractivity contribution is -0.265. The van der Waals surface area contributed by atoms with Crippen LogP contribution in [0.1, 0.15) is 139 Å². The van der Waals surface area contributed by atoms with Gasteiger partial charge in [0.05, 0.1) is 24.4 Å². The van der Waals surface area contributed by atoms with E-state index in [2.05, 4.69) is 19.9 Å². The summed E-state index contributed by atoms with van der Waals surface area (Å²) in [5.41, 5.74) is 1.46. The van der Waals surface area contributed by atoms with Gasteiger partial charge in [-0.15, -0.1) is 0 Å². The summed E-state index contributed by atoms with van der Waals surface area (Å²) in [5, 5.41) is 22.5. The van der Waals surface area contributed by atoms with E-state index in [9.17, 15) is 34.2 Å². The molecule has 1 unspecified atom stereocenters. The second kappa shape index (κ2) is 24.6. The largest absolute Gasteiger partial charge is 0.460 e. The third kappa shape index (κ3) is 14.3. The van der Waals surface area contributed by atoms with Crippen molar-refractivity contribution in [3.63, 3.8) is 0 Å². The van der Waals surface area contributed by atoms with Crippen molar-refractivity contribution < 1.29 is 57.9 Å². The van der Waals surface area contributed by atoms with Gasteiger partial charge in [0.25, 0.3) is 11.7 Å². The number of aliphatic hydroxyl groups is 2. The lowest BCUT2D eigenvalue weighted by atomic mass is 9.68. The molecule has 13 heteroatoms. The molecule has 3 fully saturated rings. The second-order valence-corrected chi connectivity index (χ2v) is 20.3. The first kappa shape index (κ1) is 54.3. The summed E-state index contributed by atoms with van der Waals surface area (Å²) >= 11 is 0. The SMILES string of the molecule is CO[C@H]1C[C@@H]2CC[C@@H](C)[C@@](O)(O2)C(=O)C(=O)N2CCCCC2C(=O)O[C@H]([C@H](C)C[C@]2(C)CC[C@@H](O)[C@H](OC)C2)CC(=O)C/C=C(\C)[C@@H](C)[C@@H](OC)C(=O)[C@H](C)C[C@H](C)/C=C/C=C/C=C/1C. The van der Waals surface area contributed by atoms with Crippen LogP contribution in [0.15, 0.2) is 47.6 Å². The number of nitrogens with zero attached hydrogens (tertiary/aromatic N) is 1. The molecule has 0 aromatic heterocycles. The fourth-order valence-corrected chi connectivity index (χ4v) is 10.5. The van der Waals surface area contributed by atoms with Crippen LogP contribution in [0.2, 0.25) is 0 Å². The monoisotopic (exact) mass is 912 g/mol. The first-order valence-electron chi connectivity index (χ1n) is 24.1. The molecule has 0 radical (unpaired) electrons. The molecule has 0 spiro atoms. The van der Waals surface area contributed by atoms with Gasteiger partial charge in [-0.1, -0.05) is 83.6 Å². The minimum absolute atomic E-state index is 0.00462. The van der Waals surface area contributed by atoms with Crippen molar-refractivity contribution in [2.75, 3.05) is 27.9 Å². The highest BCUT2D eigenvalue weighted by molar-refractivity contribution is 6.39. The van der Waals surface area contributed by atoms with Crippen LogP contribution in [0.3, 0.4) is 0 Å². The van der Waals surface area contributed by atoms with Crippen LogP contribution in [0.5, 0.6) is 0 Å². The summed E-state index contributed by atoms with van der Waals surface area (Å²) in [7, 11) is 4.71. The third-order valence-corrected chi connectivity index (χ3v) is 15.0. The van der Waals surface area contributed by atoms with Gasteiger partial charge in [-0.2, -0.15) is 0 Å². The van der Waals surface area contributed by atoms with E-state index >= 15 is 0 Å². The Morgan fingerprint density at radius 2 is 1.62 bits per heavy atom. The molecule has 65 heavy (non-hydrogen) atoms. The van der Waals surface area contributed by atoms with Crippen LogP contribution in [-0.2, 0) is 47.7 Å². The molecule has 2 bridgehead atoms. The number of fused-ring (bicyclic) bond motifs is 3. The third-order valence-electron chi connectivity index (χ3n) is 15.0. The quantitative estimate of drug-likeness (QED) is 0.152. The number of amides is 1. The Bertz CT molecular complexity index is 1770. The molecule has 1 aliphatic carbocycles. The lowest BCUT2D eigenvalue weighted by Gasteiger charge is -2.43. The summed E-state index contributed by atoms with van der Waals surface area (Å²) in [5.74, 6) is -6.89.